The molecule has 1 fully saturated rings. The fraction of sp³-hybridized carbons (Fsp3) is 0.400. The highest BCUT2D eigenvalue weighted by Crippen LogP contribution is 2.27. The number of carbonyl (C=O) groups excluding carboxylic acids is 1. The van der Waals surface area contributed by atoms with Crippen LogP contribution in [0.3, 0.4) is 0 Å². The molecule has 0 unspecified atom stereocenters. The number of aliphatic hydroxyl groups is 1. The number of benzene rings is 1. The van der Waals surface area contributed by atoms with Crippen LogP contribution in [0.2, 0.25) is 0 Å². The first-order valence-electron chi connectivity index (χ1n) is 9.72. The Labute approximate surface area is 168 Å². The summed E-state index contributed by atoms with van der Waals surface area (Å²) in [6, 6.07) is 7.63. The van der Waals surface area contributed by atoms with Crippen molar-refractivity contribution in [3.8, 4) is 11.6 Å². The molecule has 1 aromatic carbocycles. The predicted molar refractivity (Wildman–Crippen MR) is 108 cm³/mol. The lowest BCUT2D eigenvalue weighted by molar-refractivity contribution is -0.122. The van der Waals surface area contributed by atoms with Gasteiger partial charge in [-0.05, 0) is 37.8 Å². The number of aliphatic hydroxyl groups excluding tert-OH is 1. The molecular formula is C20H24N6O3. The minimum Gasteiger partial charge on any atom is -0.483 e. The standard InChI is InChI=1S/C20H24N6O3/c1-21-19(28)12-29-17-4-2-3-16-15(17)11-23-26(16)18-9-10-22-20(25-18)24-13-5-7-14(27)8-6-13/h2-4,9-11,13-14,27H,5-8,12H2,1H3,(H,21,28)(H,22,24,25). The van der Waals surface area contributed by atoms with Gasteiger partial charge in [-0.2, -0.15) is 10.1 Å². The molecule has 29 heavy (non-hydrogen) atoms. The van der Waals surface area contributed by atoms with Crippen molar-refractivity contribution in [1.82, 2.24) is 25.1 Å². The van der Waals surface area contributed by atoms with Gasteiger partial charge in [0.05, 0.1) is 23.2 Å². The van der Waals surface area contributed by atoms with Gasteiger partial charge >= 0.3 is 0 Å². The number of fused-ring (bicyclic) bond motifs is 1. The molecule has 9 heteroatoms. The molecule has 4 rings (SSSR count). The monoisotopic (exact) mass is 396 g/mol. The third-order valence-corrected chi connectivity index (χ3v) is 5.10. The van der Waals surface area contributed by atoms with Crippen molar-refractivity contribution < 1.29 is 14.6 Å². The van der Waals surface area contributed by atoms with Gasteiger partial charge in [0.25, 0.3) is 5.91 Å². The Balaban J connectivity index is 1.56. The highest BCUT2D eigenvalue weighted by Gasteiger charge is 2.20. The van der Waals surface area contributed by atoms with Gasteiger partial charge in [-0.3, -0.25) is 4.79 Å². The number of rotatable bonds is 6. The largest absolute Gasteiger partial charge is 0.483 e. The Hall–Kier alpha value is -3.20. The number of likely N-dealkylation sites (N-methyl/N-ethyl adjacent to an activating group) is 1. The zero-order valence-electron chi connectivity index (χ0n) is 16.2. The van der Waals surface area contributed by atoms with E-state index in [4.69, 9.17) is 4.74 Å². The number of nitrogens with zero attached hydrogens (tertiary/aromatic N) is 4. The van der Waals surface area contributed by atoms with Crippen LogP contribution in [0.15, 0.2) is 36.7 Å². The molecule has 3 N–H and O–H groups in total. The van der Waals surface area contributed by atoms with E-state index in [1.165, 1.54) is 0 Å². The van der Waals surface area contributed by atoms with Gasteiger partial charge in [0, 0.05) is 25.4 Å². The third kappa shape index (κ3) is 4.29. The molecule has 9 nitrogen and oxygen atoms in total. The highest BCUT2D eigenvalue weighted by atomic mass is 16.5. The van der Waals surface area contributed by atoms with Gasteiger partial charge in [0.15, 0.2) is 12.4 Å². The van der Waals surface area contributed by atoms with Crippen molar-refractivity contribution in [1.29, 1.82) is 0 Å². The molecule has 0 spiro atoms. The summed E-state index contributed by atoms with van der Waals surface area (Å²) in [5, 5.41) is 20.8. The van der Waals surface area contributed by atoms with Crippen molar-refractivity contribution in [3.05, 3.63) is 36.7 Å². The van der Waals surface area contributed by atoms with E-state index in [2.05, 4.69) is 25.7 Å². The Kier molecular flexibility index (Phi) is 5.57. The molecule has 2 aromatic heterocycles. The second kappa shape index (κ2) is 8.44. The molecule has 1 saturated carbocycles. The molecule has 0 saturated heterocycles. The number of hydrogen-bond acceptors (Lipinski definition) is 7. The molecule has 1 aliphatic rings. The minimum atomic E-state index is -0.199. The van der Waals surface area contributed by atoms with Gasteiger partial charge in [0.2, 0.25) is 5.95 Å². The number of nitrogens with one attached hydrogen (secondary N) is 2. The fourth-order valence-corrected chi connectivity index (χ4v) is 3.49. The Morgan fingerprint density at radius 1 is 1.28 bits per heavy atom. The van der Waals surface area contributed by atoms with E-state index in [1.807, 2.05) is 18.2 Å². The van der Waals surface area contributed by atoms with Crippen LogP contribution < -0.4 is 15.4 Å². The highest BCUT2D eigenvalue weighted by molar-refractivity contribution is 5.87. The molecule has 0 bridgehead atoms. The summed E-state index contributed by atoms with van der Waals surface area (Å²) in [4.78, 5) is 20.4. The first-order valence-corrected chi connectivity index (χ1v) is 9.72. The molecule has 0 atom stereocenters. The average Bonchev–Trinajstić information content (AvgIpc) is 3.18. The van der Waals surface area contributed by atoms with Crippen LogP contribution in [-0.2, 0) is 4.79 Å². The van der Waals surface area contributed by atoms with E-state index < -0.39 is 0 Å². The zero-order chi connectivity index (χ0) is 20.2. The molecule has 1 aliphatic carbocycles. The smallest absolute Gasteiger partial charge is 0.257 e. The number of amides is 1. The van der Waals surface area contributed by atoms with E-state index in [0.29, 0.717) is 17.5 Å². The predicted octanol–water partition coefficient (Wildman–Crippen LogP) is 1.66. The van der Waals surface area contributed by atoms with Crippen molar-refractivity contribution in [2.24, 2.45) is 0 Å². The normalized spacial score (nSPS) is 19.1. The lowest BCUT2D eigenvalue weighted by atomic mass is 9.93. The van der Waals surface area contributed by atoms with Gasteiger partial charge in [-0.15, -0.1) is 0 Å². The lowest BCUT2D eigenvalue weighted by Gasteiger charge is -2.26. The van der Waals surface area contributed by atoms with Crippen LogP contribution in [-0.4, -0.2) is 56.6 Å². The van der Waals surface area contributed by atoms with Crippen LogP contribution >= 0.6 is 0 Å². The summed E-state index contributed by atoms with van der Waals surface area (Å²) in [7, 11) is 1.57. The number of hydrogen-bond donors (Lipinski definition) is 3. The Morgan fingerprint density at radius 2 is 2.10 bits per heavy atom. The summed E-state index contributed by atoms with van der Waals surface area (Å²) >= 11 is 0. The van der Waals surface area contributed by atoms with Crippen LogP contribution in [0, 0.1) is 0 Å². The first-order chi connectivity index (χ1) is 14.1. The molecule has 0 radical (unpaired) electrons. The maximum atomic E-state index is 11.5. The lowest BCUT2D eigenvalue weighted by Crippen LogP contribution is -2.29. The maximum absolute atomic E-state index is 11.5. The quantitative estimate of drug-likeness (QED) is 0.580. The molecule has 1 amide bonds. The van der Waals surface area contributed by atoms with Crippen molar-refractivity contribution >= 4 is 22.8 Å². The van der Waals surface area contributed by atoms with E-state index in [1.54, 1.807) is 30.2 Å². The van der Waals surface area contributed by atoms with Crippen LogP contribution in [0.5, 0.6) is 5.75 Å². The van der Waals surface area contributed by atoms with Gasteiger partial charge in [-0.1, -0.05) is 6.07 Å². The Morgan fingerprint density at radius 3 is 2.90 bits per heavy atom. The average molecular weight is 396 g/mol. The molecule has 3 aromatic rings. The van der Waals surface area contributed by atoms with E-state index in [-0.39, 0.29) is 24.7 Å². The molecule has 0 aliphatic heterocycles. The van der Waals surface area contributed by atoms with Crippen LogP contribution in [0.4, 0.5) is 5.95 Å². The summed E-state index contributed by atoms with van der Waals surface area (Å²) in [5.74, 6) is 1.57. The molecule has 152 valence electrons. The van der Waals surface area contributed by atoms with Crippen molar-refractivity contribution in [2.45, 2.75) is 37.8 Å². The topological polar surface area (TPSA) is 114 Å². The Bertz CT molecular complexity index is 997. The first kappa shape index (κ1) is 19.1. The number of carbonyl (C=O) groups is 1. The number of aromatic nitrogens is 4. The molecule has 2 heterocycles. The van der Waals surface area contributed by atoms with E-state index in [0.717, 1.165) is 36.6 Å². The van der Waals surface area contributed by atoms with Gasteiger partial charge in [0.1, 0.15) is 5.75 Å². The summed E-state index contributed by atoms with van der Waals surface area (Å²) < 4.78 is 7.34. The van der Waals surface area contributed by atoms with E-state index in [9.17, 15) is 9.90 Å². The summed E-state index contributed by atoms with van der Waals surface area (Å²) in [5.41, 5.74) is 0.824. The summed E-state index contributed by atoms with van der Waals surface area (Å²) in [6.07, 6.45) is 6.57. The van der Waals surface area contributed by atoms with Crippen molar-refractivity contribution in [2.75, 3.05) is 19.0 Å². The third-order valence-electron chi connectivity index (χ3n) is 5.10. The van der Waals surface area contributed by atoms with Crippen molar-refractivity contribution in [3.63, 3.8) is 0 Å². The number of anilines is 1. The molecular weight excluding hydrogens is 372 g/mol. The second-order valence-electron chi connectivity index (χ2n) is 7.10. The van der Waals surface area contributed by atoms with E-state index >= 15 is 0 Å². The minimum absolute atomic E-state index is 0.0571. The SMILES string of the molecule is CNC(=O)COc1cccc2c1cnn2-c1ccnc(NC2CCC(O)CC2)n1. The summed E-state index contributed by atoms with van der Waals surface area (Å²) in [6.45, 7) is -0.0571. The second-order valence-corrected chi connectivity index (χ2v) is 7.10. The number of ether oxygens (including phenoxy) is 1. The van der Waals surface area contributed by atoms with Gasteiger partial charge in [-0.25, -0.2) is 9.67 Å². The van der Waals surface area contributed by atoms with Gasteiger partial charge < -0.3 is 20.5 Å². The van der Waals surface area contributed by atoms with Crippen LogP contribution in [0.1, 0.15) is 25.7 Å². The zero-order valence-corrected chi connectivity index (χ0v) is 16.2. The fourth-order valence-electron chi connectivity index (χ4n) is 3.49. The van der Waals surface area contributed by atoms with Crippen LogP contribution in [0.25, 0.3) is 16.7 Å². The maximum Gasteiger partial charge on any atom is 0.257 e.